The fraction of sp³-hybridized carbons (Fsp3) is 1.00. The van der Waals surface area contributed by atoms with Gasteiger partial charge >= 0.3 is 0 Å². The van der Waals surface area contributed by atoms with Crippen molar-refractivity contribution in [1.29, 1.82) is 0 Å². The maximum absolute atomic E-state index is 4.50. The Kier molecular flexibility index (Phi) is 6.85. The van der Waals surface area contributed by atoms with Gasteiger partial charge in [0.1, 0.15) is 0 Å². The quantitative estimate of drug-likeness (QED) is 0.558. The molecule has 0 radical (unpaired) electrons. The van der Waals surface area contributed by atoms with Crippen LogP contribution in [0.15, 0.2) is 4.74 Å². The van der Waals surface area contributed by atoms with Crippen LogP contribution in [0, 0.1) is 5.92 Å². The van der Waals surface area contributed by atoms with Crippen molar-refractivity contribution in [3.8, 4) is 0 Å². The zero-order valence-electron chi connectivity index (χ0n) is 8.17. The predicted molar refractivity (Wildman–Crippen MR) is 53.4 cm³/mol. The minimum absolute atomic E-state index is 0.556. The summed E-state index contributed by atoms with van der Waals surface area (Å²) >= 11 is 0. The number of rotatable bonds is 5. The molecule has 0 aliphatic heterocycles. The van der Waals surface area contributed by atoms with E-state index in [9.17, 15) is 0 Å². The lowest BCUT2D eigenvalue weighted by Gasteiger charge is -2.03. The summed E-state index contributed by atoms with van der Waals surface area (Å²) in [7, 11) is 1.29. The first-order valence-corrected chi connectivity index (χ1v) is 5.60. The Hall–Kier alpha value is 0.100. The van der Waals surface area contributed by atoms with Crippen LogP contribution in [0.3, 0.4) is 0 Å². The van der Waals surface area contributed by atoms with Gasteiger partial charge in [-0.2, -0.15) is 0 Å². The van der Waals surface area contributed by atoms with Crippen LogP contribution in [0.1, 0.15) is 40.5 Å². The van der Waals surface area contributed by atoms with E-state index in [-0.39, 0.29) is 0 Å². The Morgan fingerprint density at radius 1 is 1.18 bits per heavy atom. The van der Waals surface area contributed by atoms with Crippen molar-refractivity contribution in [3.05, 3.63) is 0 Å². The molecule has 0 spiro atoms. The Labute approximate surface area is 72.5 Å². The monoisotopic (exact) mass is 173 g/mol. The van der Waals surface area contributed by atoms with Gasteiger partial charge in [0.25, 0.3) is 0 Å². The van der Waals surface area contributed by atoms with Crippen LogP contribution in [0.4, 0.5) is 0 Å². The molecular weight excluding hydrogens is 153 g/mol. The fourth-order valence-electron chi connectivity index (χ4n) is 0.537. The summed E-state index contributed by atoms with van der Waals surface area (Å²) in [6, 6.07) is 0.556. The topological polar surface area (TPSA) is 12.4 Å². The van der Waals surface area contributed by atoms with Crippen molar-refractivity contribution in [2.45, 2.75) is 46.6 Å². The van der Waals surface area contributed by atoms with E-state index in [1.165, 1.54) is 27.4 Å². The molecule has 0 bridgehead atoms. The molecule has 0 rings (SSSR count). The second-order valence-electron chi connectivity index (χ2n) is 3.21. The number of hydrogen-bond donors (Lipinski definition) is 0. The summed E-state index contributed by atoms with van der Waals surface area (Å²) in [5.41, 5.74) is 0. The van der Waals surface area contributed by atoms with Gasteiger partial charge in [0.05, 0.1) is 6.04 Å². The van der Waals surface area contributed by atoms with Gasteiger partial charge in [0.15, 0.2) is 0 Å². The molecule has 0 aliphatic carbocycles. The Morgan fingerprint density at radius 3 is 2.27 bits per heavy atom. The maximum Gasteiger partial charge on any atom is 0.0512 e. The van der Waals surface area contributed by atoms with E-state index in [2.05, 4.69) is 32.4 Å². The summed E-state index contributed by atoms with van der Waals surface area (Å²) in [6.45, 7) is 8.90. The fourth-order valence-corrected chi connectivity index (χ4v) is 1.61. The molecule has 0 aromatic heterocycles. The van der Waals surface area contributed by atoms with Crippen LogP contribution in [0.5, 0.6) is 0 Å². The molecule has 0 saturated carbocycles. The van der Waals surface area contributed by atoms with Crippen LogP contribution >= 0.6 is 8.37 Å². The van der Waals surface area contributed by atoms with Crippen molar-refractivity contribution in [2.75, 3.05) is 6.16 Å². The highest BCUT2D eigenvalue weighted by Gasteiger charge is 1.96. The zero-order valence-corrected chi connectivity index (χ0v) is 9.06. The summed E-state index contributed by atoms with van der Waals surface area (Å²) in [4.78, 5) is 0. The molecule has 11 heavy (non-hydrogen) atoms. The lowest BCUT2D eigenvalue weighted by Crippen LogP contribution is -1.94. The molecule has 0 fully saturated rings. The molecule has 0 aliphatic rings. The minimum atomic E-state index is 0.556. The lowest BCUT2D eigenvalue weighted by molar-refractivity contribution is 0.634. The minimum Gasteiger partial charge on any atom is -0.266 e. The standard InChI is InChI=1S/C9H20NP/c1-5-8(3)7-11-10-9(4)6-2/h8-9H,5-7H2,1-4H3. The first-order valence-electron chi connectivity index (χ1n) is 4.57. The zero-order chi connectivity index (χ0) is 8.69. The van der Waals surface area contributed by atoms with E-state index < -0.39 is 0 Å². The molecule has 0 heterocycles. The lowest BCUT2D eigenvalue weighted by atomic mass is 10.2. The molecule has 66 valence electrons. The highest BCUT2D eigenvalue weighted by atomic mass is 31.1. The average molecular weight is 173 g/mol. The van der Waals surface area contributed by atoms with E-state index in [1.807, 2.05) is 0 Å². The van der Waals surface area contributed by atoms with E-state index >= 15 is 0 Å². The van der Waals surface area contributed by atoms with Gasteiger partial charge in [-0.15, -0.1) is 0 Å². The van der Waals surface area contributed by atoms with Crippen LogP contribution in [-0.4, -0.2) is 12.2 Å². The molecule has 1 nitrogen and oxygen atoms in total. The smallest absolute Gasteiger partial charge is 0.0512 e. The third-order valence-corrected chi connectivity index (χ3v) is 3.30. The van der Waals surface area contributed by atoms with E-state index in [4.69, 9.17) is 0 Å². The summed E-state index contributed by atoms with van der Waals surface area (Å²) < 4.78 is 4.50. The normalized spacial score (nSPS) is 17.1. The molecular formula is C9H20NP. The highest BCUT2D eigenvalue weighted by Crippen LogP contribution is 2.13. The second kappa shape index (κ2) is 6.79. The number of hydrogen-bond acceptors (Lipinski definition) is 1. The van der Waals surface area contributed by atoms with Crippen molar-refractivity contribution in [3.63, 3.8) is 0 Å². The van der Waals surface area contributed by atoms with Gasteiger partial charge in [-0.1, -0.05) is 27.2 Å². The van der Waals surface area contributed by atoms with Crippen molar-refractivity contribution < 1.29 is 0 Å². The summed E-state index contributed by atoms with van der Waals surface area (Å²) in [6.07, 6.45) is 3.69. The molecule has 0 aromatic rings. The van der Waals surface area contributed by atoms with E-state index in [0.717, 1.165) is 5.92 Å². The maximum atomic E-state index is 4.50. The van der Waals surface area contributed by atoms with Crippen LogP contribution in [-0.2, 0) is 0 Å². The highest BCUT2D eigenvalue weighted by molar-refractivity contribution is 7.26. The molecule has 2 heteroatoms. The first-order chi connectivity index (χ1) is 5.20. The second-order valence-corrected chi connectivity index (χ2v) is 4.09. The Bertz CT molecular complexity index is 112. The van der Waals surface area contributed by atoms with Crippen LogP contribution in [0.2, 0.25) is 0 Å². The molecule has 0 amide bonds. The molecule has 2 unspecified atom stereocenters. The third kappa shape index (κ3) is 6.50. The SMILES string of the molecule is CCC(C)CP=NC(C)CC. The summed E-state index contributed by atoms with van der Waals surface area (Å²) in [5.74, 6) is 0.837. The largest absolute Gasteiger partial charge is 0.266 e. The van der Waals surface area contributed by atoms with Gasteiger partial charge in [0, 0.05) is 14.5 Å². The Balaban J connectivity index is 3.43. The van der Waals surface area contributed by atoms with Gasteiger partial charge < -0.3 is 0 Å². The predicted octanol–water partition coefficient (Wildman–Crippen LogP) is 3.96. The van der Waals surface area contributed by atoms with Gasteiger partial charge in [-0.05, 0) is 19.3 Å². The molecule has 0 aromatic carbocycles. The van der Waals surface area contributed by atoms with E-state index in [0.29, 0.717) is 6.04 Å². The third-order valence-electron chi connectivity index (χ3n) is 1.96. The van der Waals surface area contributed by atoms with Gasteiger partial charge in [0.2, 0.25) is 0 Å². The molecule has 0 saturated heterocycles. The molecule has 0 N–H and O–H groups in total. The van der Waals surface area contributed by atoms with Crippen LogP contribution < -0.4 is 0 Å². The van der Waals surface area contributed by atoms with Crippen molar-refractivity contribution >= 4 is 8.37 Å². The average Bonchev–Trinajstić information content (AvgIpc) is 2.04. The van der Waals surface area contributed by atoms with Gasteiger partial charge in [-0.3, -0.25) is 4.74 Å². The van der Waals surface area contributed by atoms with Gasteiger partial charge in [-0.25, -0.2) is 0 Å². The van der Waals surface area contributed by atoms with Crippen molar-refractivity contribution in [1.82, 2.24) is 0 Å². The molecule has 2 atom stereocenters. The van der Waals surface area contributed by atoms with E-state index in [1.54, 1.807) is 0 Å². The summed E-state index contributed by atoms with van der Waals surface area (Å²) in [5, 5.41) is 0. The van der Waals surface area contributed by atoms with Crippen molar-refractivity contribution in [2.24, 2.45) is 10.7 Å². The van der Waals surface area contributed by atoms with Crippen LogP contribution in [0.25, 0.3) is 0 Å². The Morgan fingerprint density at radius 2 is 1.82 bits per heavy atom. The first kappa shape index (κ1) is 11.1. The number of nitrogens with zero attached hydrogens (tertiary/aromatic N) is 1.